The lowest BCUT2D eigenvalue weighted by Crippen LogP contribution is -2.35. The van der Waals surface area contributed by atoms with Crippen molar-refractivity contribution in [3.05, 3.63) is 30.7 Å². The van der Waals surface area contributed by atoms with Crippen LogP contribution in [0.2, 0.25) is 0 Å². The van der Waals surface area contributed by atoms with E-state index in [1.54, 1.807) is 19.4 Å². The summed E-state index contributed by atoms with van der Waals surface area (Å²) in [7, 11) is 1.62. The van der Waals surface area contributed by atoms with Gasteiger partial charge in [0.25, 0.3) is 0 Å². The Morgan fingerprint density at radius 1 is 1.26 bits per heavy atom. The highest BCUT2D eigenvalue weighted by Gasteiger charge is 2.22. The average Bonchev–Trinajstić information content (AvgIpc) is 3.02. The van der Waals surface area contributed by atoms with E-state index in [0.717, 1.165) is 31.9 Å². The van der Waals surface area contributed by atoms with Crippen molar-refractivity contribution in [2.24, 2.45) is 0 Å². The van der Waals surface area contributed by atoms with Crippen molar-refractivity contribution in [2.75, 3.05) is 25.1 Å². The lowest BCUT2D eigenvalue weighted by molar-refractivity contribution is 0.362. The molecule has 0 saturated carbocycles. The molecule has 1 aliphatic heterocycles. The van der Waals surface area contributed by atoms with Crippen LogP contribution >= 0.6 is 0 Å². The Bertz CT molecular complexity index is 520. The van der Waals surface area contributed by atoms with Gasteiger partial charge in [0.05, 0.1) is 13.2 Å². The van der Waals surface area contributed by atoms with Crippen LogP contribution in [0.3, 0.4) is 0 Å². The highest BCUT2D eigenvalue weighted by molar-refractivity contribution is 5.32. The van der Waals surface area contributed by atoms with Crippen molar-refractivity contribution >= 4 is 5.95 Å². The maximum absolute atomic E-state index is 5.13. The van der Waals surface area contributed by atoms with Crippen LogP contribution in [-0.2, 0) is 0 Å². The van der Waals surface area contributed by atoms with Crippen LogP contribution in [0.25, 0.3) is 0 Å². The third-order valence-corrected chi connectivity index (χ3v) is 3.47. The highest BCUT2D eigenvalue weighted by Crippen LogP contribution is 2.24. The first-order valence-electron chi connectivity index (χ1n) is 6.48. The predicted molar refractivity (Wildman–Crippen MR) is 71.3 cm³/mol. The van der Waals surface area contributed by atoms with Crippen molar-refractivity contribution in [2.45, 2.75) is 18.9 Å². The molecule has 0 N–H and O–H groups in total. The topological polar surface area (TPSA) is 56.1 Å². The number of piperidine rings is 1. The molecule has 0 aromatic carbocycles. The molecule has 19 heavy (non-hydrogen) atoms. The zero-order valence-electron chi connectivity index (χ0n) is 10.9. The summed E-state index contributed by atoms with van der Waals surface area (Å²) < 4.78 is 7.18. The van der Waals surface area contributed by atoms with Crippen LogP contribution < -0.4 is 9.64 Å². The van der Waals surface area contributed by atoms with Crippen LogP contribution in [0.15, 0.2) is 30.7 Å². The minimum Gasteiger partial charge on any atom is -0.481 e. The number of aromatic nitrogens is 4. The summed E-state index contributed by atoms with van der Waals surface area (Å²) in [4.78, 5) is 10.9. The molecule has 0 bridgehead atoms. The molecule has 0 atom stereocenters. The van der Waals surface area contributed by atoms with Crippen molar-refractivity contribution in [1.29, 1.82) is 0 Å². The van der Waals surface area contributed by atoms with Gasteiger partial charge in [-0.05, 0) is 18.9 Å². The van der Waals surface area contributed by atoms with Gasteiger partial charge in [-0.1, -0.05) is 0 Å². The summed E-state index contributed by atoms with van der Waals surface area (Å²) in [5.74, 6) is 1.36. The second-order valence-electron chi connectivity index (χ2n) is 4.60. The van der Waals surface area contributed by atoms with Gasteiger partial charge in [0, 0.05) is 37.7 Å². The molecule has 6 nitrogen and oxygen atoms in total. The van der Waals surface area contributed by atoms with Gasteiger partial charge in [-0.3, -0.25) is 4.68 Å². The molecule has 1 fully saturated rings. The van der Waals surface area contributed by atoms with E-state index in [1.807, 2.05) is 23.1 Å². The van der Waals surface area contributed by atoms with Gasteiger partial charge in [0.15, 0.2) is 0 Å². The zero-order valence-corrected chi connectivity index (χ0v) is 10.9. The van der Waals surface area contributed by atoms with Crippen LogP contribution in [0, 0.1) is 0 Å². The molecule has 1 aliphatic rings. The van der Waals surface area contributed by atoms with E-state index in [4.69, 9.17) is 4.74 Å². The number of rotatable bonds is 3. The molecule has 2 aromatic rings. The van der Waals surface area contributed by atoms with E-state index in [9.17, 15) is 0 Å². The summed E-state index contributed by atoms with van der Waals surface area (Å²) in [5, 5.41) is 4.31. The van der Waals surface area contributed by atoms with Gasteiger partial charge < -0.3 is 9.64 Å². The molecule has 3 rings (SSSR count). The average molecular weight is 259 g/mol. The van der Waals surface area contributed by atoms with E-state index in [1.165, 1.54) is 0 Å². The molecule has 0 radical (unpaired) electrons. The molecule has 0 amide bonds. The molecule has 2 aromatic heterocycles. The molecule has 0 unspecified atom stereocenters. The van der Waals surface area contributed by atoms with Gasteiger partial charge in [0.2, 0.25) is 11.8 Å². The number of nitrogens with zero attached hydrogens (tertiary/aromatic N) is 5. The van der Waals surface area contributed by atoms with E-state index < -0.39 is 0 Å². The smallest absolute Gasteiger partial charge is 0.228 e. The first-order chi connectivity index (χ1) is 9.36. The second-order valence-corrected chi connectivity index (χ2v) is 4.60. The van der Waals surface area contributed by atoms with Crippen LogP contribution in [-0.4, -0.2) is 39.9 Å². The van der Waals surface area contributed by atoms with Gasteiger partial charge in [0.1, 0.15) is 0 Å². The van der Waals surface area contributed by atoms with Gasteiger partial charge >= 0.3 is 0 Å². The second kappa shape index (κ2) is 5.26. The minimum absolute atomic E-state index is 0.483. The van der Waals surface area contributed by atoms with Crippen LogP contribution in [0.5, 0.6) is 5.88 Å². The molecule has 100 valence electrons. The lowest BCUT2D eigenvalue weighted by Gasteiger charge is -2.32. The molecule has 0 aliphatic carbocycles. The van der Waals surface area contributed by atoms with Crippen LogP contribution in [0.4, 0.5) is 5.95 Å². The first kappa shape index (κ1) is 12.0. The maximum atomic E-state index is 5.13. The van der Waals surface area contributed by atoms with E-state index >= 15 is 0 Å². The lowest BCUT2D eigenvalue weighted by atomic mass is 10.1. The van der Waals surface area contributed by atoms with Gasteiger partial charge in [-0.15, -0.1) is 0 Å². The summed E-state index contributed by atoms with van der Waals surface area (Å²) in [6.07, 6.45) is 7.71. The first-order valence-corrected chi connectivity index (χ1v) is 6.48. The molecule has 0 spiro atoms. The molecular weight excluding hydrogens is 242 g/mol. The quantitative estimate of drug-likeness (QED) is 0.836. The third-order valence-electron chi connectivity index (χ3n) is 3.47. The summed E-state index contributed by atoms with van der Waals surface area (Å²) in [5.41, 5.74) is 0. The molecule has 6 heteroatoms. The summed E-state index contributed by atoms with van der Waals surface area (Å²) in [6, 6.07) is 4.22. The number of hydrogen-bond acceptors (Lipinski definition) is 5. The zero-order chi connectivity index (χ0) is 13.1. The maximum Gasteiger partial charge on any atom is 0.228 e. The number of hydrogen-bond donors (Lipinski definition) is 0. The molecule has 3 heterocycles. The Balaban J connectivity index is 1.66. The number of ether oxygens (including phenoxy) is 1. The number of methoxy groups -OCH3 is 1. The molecular formula is C13H17N5O. The highest BCUT2D eigenvalue weighted by atomic mass is 16.5. The van der Waals surface area contributed by atoms with E-state index in [0.29, 0.717) is 11.9 Å². The number of anilines is 1. The van der Waals surface area contributed by atoms with Crippen molar-refractivity contribution in [3.8, 4) is 5.88 Å². The Kier molecular flexibility index (Phi) is 3.31. The normalized spacial score (nSPS) is 16.6. The predicted octanol–water partition coefficient (Wildman–Crippen LogP) is 1.52. The summed E-state index contributed by atoms with van der Waals surface area (Å²) >= 11 is 0. The largest absolute Gasteiger partial charge is 0.481 e. The third kappa shape index (κ3) is 2.52. The van der Waals surface area contributed by atoms with Crippen molar-refractivity contribution in [1.82, 2.24) is 19.7 Å². The van der Waals surface area contributed by atoms with E-state index in [2.05, 4.69) is 20.0 Å². The van der Waals surface area contributed by atoms with E-state index in [-0.39, 0.29) is 0 Å². The fourth-order valence-corrected chi connectivity index (χ4v) is 2.43. The minimum atomic E-state index is 0.483. The molecule has 1 saturated heterocycles. The summed E-state index contributed by atoms with van der Waals surface area (Å²) in [6.45, 7) is 1.88. The Hall–Kier alpha value is -2.11. The van der Waals surface area contributed by atoms with Crippen molar-refractivity contribution < 1.29 is 4.74 Å². The Morgan fingerprint density at radius 3 is 2.79 bits per heavy atom. The fourth-order valence-electron chi connectivity index (χ4n) is 2.43. The van der Waals surface area contributed by atoms with Gasteiger partial charge in [-0.25, -0.2) is 4.98 Å². The van der Waals surface area contributed by atoms with Gasteiger partial charge in [-0.2, -0.15) is 10.1 Å². The standard InChI is InChI=1S/C13H17N5O/c1-19-12-3-7-14-13(16-12)17-9-4-11(5-10-17)18-8-2-6-15-18/h2-3,6-8,11H,4-5,9-10H2,1H3. The fraction of sp³-hybridized carbons (Fsp3) is 0.462. The van der Waals surface area contributed by atoms with Crippen molar-refractivity contribution in [3.63, 3.8) is 0 Å². The monoisotopic (exact) mass is 259 g/mol. The van der Waals surface area contributed by atoms with Crippen LogP contribution in [0.1, 0.15) is 18.9 Å². The SMILES string of the molecule is COc1ccnc(N2CCC(n3cccn3)CC2)n1. The Labute approximate surface area is 112 Å². The Morgan fingerprint density at radius 2 is 2.11 bits per heavy atom.